The van der Waals surface area contributed by atoms with Crippen LogP contribution in [0, 0.1) is 5.92 Å². The van der Waals surface area contributed by atoms with E-state index in [-0.39, 0.29) is 12.1 Å². The molecule has 0 bridgehead atoms. The lowest BCUT2D eigenvalue weighted by atomic mass is 10.3. The molecule has 58 valence electrons. The van der Waals surface area contributed by atoms with Gasteiger partial charge in [-0.15, -0.1) is 0 Å². The molecule has 1 aliphatic rings. The van der Waals surface area contributed by atoms with Gasteiger partial charge in [-0.25, -0.2) is 0 Å². The van der Waals surface area contributed by atoms with Crippen LogP contribution in [0.5, 0.6) is 0 Å². The molecule has 1 fully saturated rings. The fourth-order valence-corrected chi connectivity index (χ4v) is 1.11. The molecule has 0 aromatic rings. The fraction of sp³-hybridized carbons (Fsp3) is 0.667. The Morgan fingerprint density at radius 3 is 2.30 bits per heavy atom. The fourth-order valence-electron chi connectivity index (χ4n) is 0.927. The number of nitrogens with one attached hydrogen (secondary N) is 1. The quantitative estimate of drug-likeness (QED) is 0.483. The molecular formula is C6H12IN3. The predicted octanol–water partition coefficient (Wildman–Crippen LogP) is 0.114. The van der Waals surface area contributed by atoms with E-state index in [1.54, 1.807) is 0 Å². The van der Waals surface area contributed by atoms with Gasteiger partial charge in [-0.2, -0.15) is 0 Å². The number of halogens is 1. The van der Waals surface area contributed by atoms with Gasteiger partial charge in [0.15, 0.2) is 0 Å². The van der Waals surface area contributed by atoms with Gasteiger partial charge in [0.1, 0.15) is 0 Å². The van der Waals surface area contributed by atoms with Gasteiger partial charge in [-0.3, -0.25) is 0 Å². The van der Waals surface area contributed by atoms with Crippen molar-refractivity contribution in [1.82, 2.24) is 3.53 Å². The van der Waals surface area contributed by atoms with Crippen molar-refractivity contribution in [2.24, 2.45) is 17.4 Å². The zero-order chi connectivity index (χ0) is 7.72. The van der Waals surface area contributed by atoms with Crippen molar-refractivity contribution in [2.45, 2.75) is 19.0 Å². The van der Waals surface area contributed by atoms with E-state index < -0.39 is 0 Å². The van der Waals surface area contributed by atoms with Crippen LogP contribution in [-0.2, 0) is 0 Å². The SMILES string of the molecule is C/C(=C/C1C(N)C1N)NI. The van der Waals surface area contributed by atoms with Crippen LogP contribution in [0.3, 0.4) is 0 Å². The molecule has 4 heteroatoms. The molecule has 0 aliphatic heterocycles. The van der Waals surface area contributed by atoms with E-state index in [4.69, 9.17) is 11.5 Å². The number of nitrogens with two attached hydrogens (primary N) is 2. The van der Waals surface area contributed by atoms with E-state index in [0.29, 0.717) is 5.92 Å². The number of hydrogen-bond donors (Lipinski definition) is 3. The molecule has 0 aromatic carbocycles. The molecule has 0 amide bonds. The van der Waals surface area contributed by atoms with Gasteiger partial charge in [0.25, 0.3) is 0 Å². The summed E-state index contributed by atoms with van der Waals surface area (Å²) in [5, 5.41) is 0. The zero-order valence-corrected chi connectivity index (χ0v) is 8.00. The van der Waals surface area contributed by atoms with E-state index in [1.807, 2.05) is 6.92 Å². The molecule has 0 aromatic heterocycles. The molecule has 1 rings (SSSR count). The predicted molar refractivity (Wildman–Crippen MR) is 50.4 cm³/mol. The Balaban J connectivity index is 2.40. The first-order chi connectivity index (χ1) is 4.66. The Bertz CT molecular complexity index is 149. The molecule has 0 heterocycles. The van der Waals surface area contributed by atoms with Crippen LogP contribution in [0.4, 0.5) is 0 Å². The van der Waals surface area contributed by atoms with Gasteiger partial charge in [-0.1, -0.05) is 6.08 Å². The summed E-state index contributed by atoms with van der Waals surface area (Å²) in [4.78, 5) is 0. The molecule has 0 saturated heterocycles. The summed E-state index contributed by atoms with van der Waals surface area (Å²) >= 11 is 2.09. The minimum absolute atomic E-state index is 0.180. The van der Waals surface area contributed by atoms with Gasteiger partial charge in [0.2, 0.25) is 0 Å². The normalized spacial score (nSPS) is 39.6. The highest BCUT2D eigenvalue weighted by molar-refractivity contribution is 14.1. The van der Waals surface area contributed by atoms with Crippen molar-refractivity contribution < 1.29 is 0 Å². The van der Waals surface area contributed by atoms with E-state index in [1.165, 1.54) is 0 Å². The first-order valence-corrected chi connectivity index (χ1v) is 4.31. The molecule has 2 atom stereocenters. The lowest BCUT2D eigenvalue weighted by Crippen LogP contribution is -2.12. The topological polar surface area (TPSA) is 64.1 Å². The summed E-state index contributed by atoms with van der Waals surface area (Å²) in [5.74, 6) is 0.391. The molecule has 5 N–H and O–H groups in total. The van der Waals surface area contributed by atoms with E-state index >= 15 is 0 Å². The molecule has 0 spiro atoms. The van der Waals surface area contributed by atoms with Crippen LogP contribution < -0.4 is 15.0 Å². The number of rotatable bonds is 2. The number of hydrogen-bond acceptors (Lipinski definition) is 3. The van der Waals surface area contributed by atoms with Crippen molar-refractivity contribution in [3.05, 3.63) is 11.8 Å². The van der Waals surface area contributed by atoms with Crippen LogP contribution in [0.25, 0.3) is 0 Å². The van der Waals surface area contributed by atoms with Gasteiger partial charge in [0, 0.05) is 23.7 Å². The molecule has 1 aliphatic carbocycles. The molecule has 0 radical (unpaired) electrons. The highest BCUT2D eigenvalue weighted by Gasteiger charge is 2.42. The molecule has 3 nitrogen and oxygen atoms in total. The summed E-state index contributed by atoms with van der Waals surface area (Å²) in [6.07, 6.45) is 2.09. The van der Waals surface area contributed by atoms with Crippen LogP contribution >= 0.6 is 22.9 Å². The summed E-state index contributed by atoms with van der Waals surface area (Å²) < 4.78 is 3.00. The Hall–Kier alpha value is 0.190. The van der Waals surface area contributed by atoms with Crippen molar-refractivity contribution >= 4 is 22.9 Å². The zero-order valence-electron chi connectivity index (χ0n) is 5.84. The van der Waals surface area contributed by atoms with Crippen molar-refractivity contribution in [2.75, 3.05) is 0 Å². The summed E-state index contributed by atoms with van der Waals surface area (Å²) in [7, 11) is 0. The van der Waals surface area contributed by atoms with Crippen LogP contribution in [0.15, 0.2) is 11.8 Å². The van der Waals surface area contributed by atoms with Gasteiger partial charge in [-0.05, 0) is 6.92 Å². The van der Waals surface area contributed by atoms with Gasteiger partial charge >= 0.3 is 0 Å². The average Bonchev–Trinajstić information content (AvgIpc) is 2.45. The average molecular weight is 253 g/mol. The maximum absolute atomic E-state index is 5.61. The third-order valence-corrected chi connectivity index (χ3v) is 2.63. The van der Waals surface area contributed by atoms with E-state index in [0.717, 1.165) is 5.70 Å². The third-order valence-electron chi connectivity index (χ3n) is 1.78. The van der Waals surface area contributed by atoms with Crippen molar-refractivity contribution in [3.8, 4) is 0 Å². The monoisotopic (exact) mass is 253 g/mol. The Kier molecular flexibility index (Phi) is 2.54. The Labute approximate surface area is 74.7 Å². The van der Waals surface area contributed by atoms with Crippen LogP contribution in [0.2, 0.25) is 0 Å². The smallest absolute Gasteiger partial charge is 0.0557 e. The lowest BCUT2D eigenvalue weighted by molar-refractivity contribution is 0.956. The van der Waals surface area contributed by atoms with Crippen molar-refractivity contribution in [1.29, 1.82) is 0 Å². The van der Waals surface area contributed by atoms with Crippen LogP contribution in [0.1, 0.15) is 6.92 Å². The Morgan fingerprint density at radius 2 is 2.00 bits per heavy atom. The maximum Gasteiger partial charge on any atom is 0.0557 e. The summed E-state index contributed by atoms with van der Waals surface area (Å²) in [6, 6.07) is 0.361. The maximum atomic E-state index is 5.61. The third kappa shape index (κ3) is 1.62. The highest BCUT2D eigenvalue weighted by Crippen LogP contribution is 2.28. The second-order valence-corrected chi connectivity index (χ2v) is 3.22. The van der Waals surface area contributed by atoms with Crippen molar-refractivity contribution in [3.63, 3.8) is 0 Å². The second kappa shape index (κ2) is 3.06. The first-order valence-electron chi connectivity index (χ1n) is 3.23. The minimum atomic E-state index is 0.180. The van der Waals surface area contributed by atoms with E-state index in [9.17, 15) is 0 Å². The molecule has 1 saturated carbocycles. The molecule has 2 unspecified atom stereocenters. The van der Waals surface area contributed by atoms with Crippen LogP contribution in [-0.4, -0.2) is 12.1 Å². The molecular weight excluding hydrogens is 241 g/mol. The van der Waals surface area contributed by atoms with Gasteiger partial charge in [0.05, 0.1) is 22.9 Å². The molecule has 10 heavy (non-hydrogen) atoms. The first kappa shape index (κ1) is 8.29. The Morgan fingerprint density at radius 1 is 1.50 bits per heavy atom. The lowest BCUT2D eigenvalue weighted by Gasteiger charge is -1.94. The second-order valence-electron chi connectivity index (χ2n) is 2.68. The largest absolute Gasteiger partial charge is 0.333 e. The summed E-state index contributed by atoms with van der Waals surface area (Å²) in [5.41, 5.74) is 12.4. The summed E-state index contributed by atoms with van der Waals surface area (Å²) in [6.45, 7) is 2.00. The van der Waals surface area contributed by atoms with E-state index in [2.05, 4.69) is 32.5 Å². The number of allylic oxidation sites excluding steroid dienone is 1. The minimum Gasteiger partial charge on any atom is -0.333 e. The van der Waals surface area contributed by atoms with Gasteiger partial charge < -0.3 is 15.0 Å². The standard InChI is InChI=1S/C6H12IN3/c1-3(10-7)2-4-5(8)6(4)9/h2,4-6,10H,8-9H2,1H3/b3-2-. The highest BCUT2D eigenvalue weighted by atomic mass is 127.